The zero-order chi connectivity index (χ0) is 7.56. The maximum absolute atomic E-state index is 12.8. The maximum Gasteiger partial charge on any atom is 0.127 e. The minimum atomic E-state index is -0.213. The van der Waals surface area contributed by atoms with Crippen LogP contribution in [0, 0.1) is 12.7 Å². The standard InChI is InChI=1S/C8H8ClF/c1-6-2-3-7(5-9)8(10)4-6/h2-4H,5H2,1H3. The topological polar surface area (TPSA) is 0 Å². The Morgan fingerprint density at radius 3 is 2.70 bits per heavy atom. The first-order valence-corrected chi connectivity index (χ1v) is 3.58. The van der Waals surface area contributed by atoms with E-state index in [1.807, 2.05) is 13.0 Å². The van der Waals surface area contributed by atoms with Crippen molar-refractivity contribution in [1.29, 1.82) is 0 Å². The van der Waals surface area contributed by atoms with Crippen LogP contribution >= 0.6 is 11.6 Å². The SMILES string of the molecule is Cc1ccc(CCl)c(F)c1. The number of hydrogen-bond donors (Lipinski definition) is 0. The van der Waals surface area contributed by atoms with Crippen LogP contribution in [0.25, 0.3) is 0 Å². The number of hydrogen-bond acceptors (Lipinski definition) is 0. The molecule has 0 N–H and O–H groups in total. The van der Waals surface area contributed by atoms with Crippen molar-refractivity contribution in [2.75, 3.05) is 0 Å². The van der Waals surface area contributed by atoms with E-state index in [9.17, 15) is 4.39 Å². The molecule has 0 nitrogen and oxygen atoms in total. The van der Waals surface area contributed by atoms with Crippen molar-refractivity contribution in [2.45, 2.75) is 12.8 Å². The van der Waals surface area contributed by atoms with Gasteiger partial charge in [-0.25, -0.2) is 4.39 Å². The fourth-order valence-corrected chi connectivity index (χ4v) is 0.977. The quantitative estimate of drug-likeness (QED) is 0.552. The van der Waals surface area contributed by atoms with Gasteiger partial charge in [0.1, 0.15) is 5.82 Å². The zero-order valence-electron chi connectivity index (χ0n) is 5.70. The lowest BCUT2D eigenvalue weighted by Gasteiger charge is -1.97. The van der Waals surface area contributed by atoms with E-state index in [4.69, 9.17) is 11.6 Å². The summed E-state index contributed by atoms with van der Waals surface area (Å²) in [7, 11) is 0. The van der Waals surface area contributed by atoms with Gasteiger partial charge in [0.25, 0.3) is 0 Å². The Hall–Kier alpha value is -0.560. The summed E-state index contributed by atoms with van der Waals surface area (Å²) >= 11 is 5.44. The van der Waals surface area contributed by atoms with Gasteiger partial charge < -0.3 is 0 Å². The molecule has 0 bridgehead atoms. The third-order valence-corrected chi connectivity index (χ3v) is 1.64. The van der Waals surface area contributed by atoms with E-state index in [0.717, 1.165) is 5.56 Å². The first-order chi connectivity index (χ1) is 4.74. The number of benzene rings is 1. The first-order valence-electron chi connectivity index (χ1n) is 3.05. The molecule has 0 aliphatic rings. The van der Waals surface area contributed by atoms with Gasteiger partial charge in [-0.2, -0.15) is 0 Å². The second-order valence-corrected chi connectivity index (χ2v) is 2.50. The molecular formula is C8H8ClF. The van der Waals surface area contributed by atoms with Gasteiger partial charge in [-0.15, -0.1) is 11.6 Å². The van der Waals surface area contributed by atoms with Gasteiger partial charge in [-0.3, -0.25) is 0 Å². The lowest BCUT2D eigenvalue weighted by atomic mass is 10.2. The van der Waals surface area contributed by atoms with E-state index < -0.39 is 0 Å². The molecule has 0 saturated carbocycles. The van der Waals surface area contributed by atoms with E-state index in [0.29, 0.717) is 5.56 Å². The van der Waals surface area contributed by atoms with E-state index in [1.165, 1.54) is 6.07 Å². The molecule has 10 heavy (non-hydrogen) atoms. The molecular weight excluding hydrogens is 151 g/mol. The summed E-state index contributed by atoms with van der Waals surface area (Å²) in [5.74, 6) is 0.0292. The molecule has 1 aromatic rings. The molecule has 1 aromatic carbocycles. The normalized spacial score (nSPS) is 9.90. The second-order valence-electron chi connectivity index (χ2n) is 2.23. The van der Waals surface area contributed by atoms with Crippen LogP contribution in [-0.2, 0) is 5.88 Å². The molecule has 0 aliphatic heterocycles. The summed E-state index contributed by atoms with van der Waals surface area (Å²) < 4.78 is 12.8. The van der Waals surface area contributed by atoms with Crippen LogP contribution in [-0.4, -0.2) is 0 Å². The van der Waals surface area contributed by atoms with E-state index >= 15 is 0 Å². The molecule has 0 atom stereocenters. The monoisotopic (exact) mass is 158 g/mol. The summed E-state index contributed by atoms with van der Waals surface area (Å²) in [5.41, 5.74) is 1.48. The summed E-state index contributed by atoms with van der Waals surface area (Å²) in [6.45, 7) is 1.85. The minimum Gasteiger partial charge on any atom is -0.207 e. The first kappa shape index (κ1) is 7.55. The second kappa shape index (κ2) is 3.02. The molecule has 0 aromatic heterocycles. The average molecular weight is 159 g/mol. The highest BCUT2D eigenvalue weighted by atomic mass is 35.5. The van der Waals surface area contributed by atoms with E-state index in [-0.39, 0.29) is 11.7 Å². The Bertz CT molecular complexity index is 233. The Labute approximate surface area is 64.6 Å². The van der Waals surface area contributed by atoms with Gasteiger partial charge in [0, 0.05) is 5.56 Å². The predicted octanol–water partition coefficient (Wildman–Crippen LogP) is 2.87. The van der Waals surface area contributed by atoms with E-state index in [2.05, 4.69) is 0 Å². The Morgan fingerprint density at radius 2 is 2.20 bits per heavy atom. The molecule has 0 unspecified atom stereocenters. The molecule has 0 aliphatic carbocycles. The third kappa shape index (κ3) is 1.48. The van der Waals surface area contributed by atoms with Gasteiger partial charge in [0.2, 0.25) is 0 Å². The molecule has 54 valence electrons. The van der Waals surface area contributed by atoms with Crippen molar-refractivity contribution >= 4 is 11.6 Å². The lowest BCUT2D eigenvalue weighted by molar-refractivity contribution is 0.616. The molecule has 0 spiro atoms. The number of halogens is 2. The Balaban J connectivity index is 3.07. The molecule has 0 radical (unpaired) electrons. The molecule has 2 heteroatoms. The van der Waals surface area contributed by atoms with Gasteiger partial charge in [0.05, 0.1) is 5.88 Å². The van der Waals surface area contributed by atoms with Gasteiger partial charge in [-0.05, 0) is 18.6 Å². The average Bonchev–Trinajstić information content (AvgIpc) is 1.88. The largest absolute Gasteiger partial charge is 0.207 e. The highest BCUT2D eigenvalue weighted by Gasteiger charge is 1.98. The predicted molar refractivity (Wildman–Crippen MR) is 40.7 cm³/mol. The van der Waals surface area contributed by atoms with Crippen LogP contribution in [0.4, 0.5) is 4.39 Å². The van der Waals surface area contributed by atoms with Crippen molar-refractivity contribution in [3.63, 3.8) is 0 Å². The van der Waals surface area contributed by atoms with Crippen LogP contribution in [0.5, 0.6) is 0 Å². The van der Waals surface area contributed by atoms with Crippen molar-refractivity contribution in [3.8, 4) is 0 Å². The van der Waals surface area contributed by atoms with Gasteiger partial charge >= 0.3 is 0 Å². The number of aryl methyl sites for hydroxylation is 1. The summed E-state index contributed by atoms with van der Waals surface area (Å²) in [6.07, 6.45) is 0. The number of rotatable bonds is 1. The highest BCUT2D eigenvalue weighted by Crippen LogP contribution is 2.11. The Morgan fingerprint density at radius 1 is 1.50 bits per heavy atom. The van der Waals surface area contributed by atoms with Gasteiger partial charge in [0.15, 0.2) is 0 Å². The van der Waals surface area contributed by atoms with Crippen LogP contribution < -0.4 is 0 Å². The third-order valence-electron chi connectivity index (χ3n) is 1.35. The van der Waals surface area contributed by atoms with Crippen molar-refractivity contribution in [2.24, 2.45) is 0 Å². The smallest absolute Gasteiger partial charge is 0.127 e. The van der Waals surface area contributed by atoms with Gasteiger partial charge in [-0.1, -0.05) is 12.1 Å². The fourth-order valence-electron chi connectivity index (χ4n) is 0.761. The molecule has 1 rings (SSSR count). The van der Waals surface area contributed by atoms with Crippen LogP contribution in [0.1, 0.15) is 11.1 Å². The summed E-state index contributed by atoms with van der Waals surface area (Å²) in [6, 6.07) is 5.04. The van der Waals surface area contributed by atoms with Crippen LogP contribution in [0.3, 0.4) is 0 Å². The fraction of sp³-hybridized carbons (Fsp3) is 0.250. The van der Waals surface area contributed by atoms with Crippen molar-refractivity contribution < 1.29 is 4.39 Å². The molecule has 0 fully saturated rings. The molecule has 0 heterocycles. The molecule has 0 amide bonds. The van der Waals surface area contributed by atoms with Crippen LogP contribution in [0.2, 0.25) is 0 Å². The van der Waals surface area contributed by atoms with E-state index in [1.54, 1.807) is 6.07 Å². The summed E-state index contributed by atoms with van der Waals surface area (Å²) in [5, 5.41) is 0. The Kier molecular flexibility index (Phi) is 2.28. The van der Waals surface area contributed by atoms with Crippen molar-refractivity contribution in [3.05, 3.63) is 35.1 Å². The highest BCUT2D eigenvalue weighted by molar-refractivity contribution is 6.17. The zero-order valence-corrected chi connectivity index (χ0v) is 6.45. The summed E-state index contributed by atoms with van der Waals surface area (Å²) in [4.78, 5) is 0. The number of alkyl halides is 1. The van der Waals surface area contributed by atoms with Crippen molar-refractivity contribution in [1.82, 2.24) is 0 Å². The lowest BCUT2D eigenvalue weighted by Crippen LogP contribution is -1.85. The molecule has 0 saturated heterocycles. The maximum atomic E-state index is 12.8. The minimum absolute atomic E-state index is 0.213. The van der Waals surface area contributed by atoms with Crippen LogP contribution in [0.15, 0.2) is 18.2 Å².